The van der Waals surface area contributed by atoms with Gasteiger partial charge in [-0.2, -0.15) is 0 Å². The molecule has 126 valence electrons. The van der Waals surface area contributed by atoms with E-state index < -0.39 is 0 Å². The van der Waals surface area contributed by atoms with E-state index in [1.165, 1.54) is 17.2 Å². The minimum atomic E-state index is -0.304. The third-order valence-electron chi connectivity index (χ3n) is 3.35. The summed E-state index contributed by atoms with van der Waals surface area (Å²) in [5.41, 5.74) is 0.938. The number of hydrogen-bond acceptors (Lipinski definition) is 4. The van der Waals surface area contributed by atoms with Crippen molar-refractivity contribution in [1.29, 1.82) is 0 Å². The molecule has 1 N–H and O–H groups in total. The van der Waals surface area contributed by atoms with E-state index >= 15 is 0 Å². The van der Waals surface area contributed by atoms with Crippen molar-refractivity contribution < 1.29 is 14.1 Å². The van der Waals surface area contributed by atoms with E-state index in [4.69, 9.17) is 0 Å². The molecule has 0 bridgehead atoms. The van der Waals surface area contributed by atoms with E-state index in [1.54, 1.807) is 12.1 Å². The number of nitrogens with one attached hydrogen (secondary N) is 1. The first-order chi connectivity index (χ1) is 11.7. The van der Waals surface area contributed by atoms with Gasteiger partial charge in [-0.15, -0.1) is 0 Å². The lowest BCUT2D eigenvalue weighted by molar-refractivity contribution is -0.130. The van der Waals surface area contributed by atoms with Crippen molar-refractivity contribution in [2.24, 2.45) is 0 Å². The lowest BCUT2D eigenvalue weighted by Gasteiger charge is -2.20. The van der Waals surface area contributed by atoms with Crippen LogP contribution in [0.15, 0.2) is 53.3 Å². The zero-order valence-corrected chi connectivity index (χ0v) is 13.6. The Bertz CT molecular complexity index is 666. The molecule has 0 aliphatic carbocycles. The Kier molecular flexibility index (Phi) is 6.76. The molecule has 0 unspecified atom stereocenters. The zero-order chi connectivity index (χ0) is 17.2. The predicted octanol–water partition coefficient (Wildman–Crippen LogP) is 2.96. The van der Waals surface area contributed by atoms with Crippen LogP contribution in [-0.4, -0.2) is 35.0 Å². The molecule has 1 aromatic carbocycles. The smallest absolute Gasteiger partial charge is 0.247 e. The summed E-state index contributed by atoms with van der Waals surface area (Å²) in [4.78, 5) is 26.0. The molecule has 6 nitrogen and oxygen atoms in total. The van der Waals surface area contributed by atoms with Crippen molar-refractivity contribution in [2.45, 2.75) is 19.8 Å². The van der Waals surface area contributed by atoms with E-state index in [-0.39, 0.29) is 18.4 Å². The van der Waals surface area contributed by atoms with Gasteiger partial charge in [0.25, 0.3) is 0 Å². The molecule has 1 heterocycles. The second kappa shape index (κ2) is 9.29. The molecule has 0 fully saturated rings. The Hall–Kier alpha value is -2.89. The second-order valence-electron chi connectivity index (χ2n) is 5.29. The second-order valence-corrected chi connectivity index (χ2v) is 5.29. The minimum absolute atomic E-state index is 0.0230. The summed E-state index contributed by atoms with van der Waals surface area (Å²) in [7, 11) is 0. The Balaban J connectivity index is 1.96. The van der Waals surface area contributed by atoms with Crippen LogP contribution in [-0.2, 0) is 9.59 Å². The van der Waals surface area contributed by atoms with E-state index in [2.05, 4.69) is 15.0 Å². The quantitative estimate of drug-likeness (QED) is 0.756. The topological polar surface area (TPSA) is 75.4 Å². The van der Waals surface area contributed by atoms with Crippen LogP contribution in [0, 0.1) is 0 Å². The maximum atomic E-state index is 12.4. The molecule has 0 radical (unpaired) electrons. The molecule has 0 aliphatic rings. The van der Waals surface area contributed by atoms with Crippen LogP contribution in [0.4, 0.5) is 5.82 Å². The maximum Gasteiger partial charge on any atom is 0.247 e. The van der Waals surface area contributed by atoms with Gasteiger partial charge >= 0.3 is 0 Å². The summed E-state index contributed by atoms with van der Waals surface area (Å²) >= 11 is 0. The number of anilines is 1. The summed E-state index contributed by atoms with van der Waals surface area (Å²) in [6, 6.07) is 11.1. The number of carbonyl (C=O) groups is 2. The third-order valence-corrected chi connectivity index (χ3v) is 3.35. The molecule has 24 heavy (non-hydrogen) atoms. The highest BCUT2D eigenvalue weighted by Crippen LogP contribution is 2.05. The predicted molar refractivity (Wildman–Crippen MR) is 92.1 cm³/mol. The van der Waals surface area contributed by atoms with Gasteiger partial charge in [0, 0.05) is 18.7 Å². The van der Waals surface area contributed by atoms with Gasteiger partial charge in [-0.1, -0.05) is 48.8 Å². The molecule has 2 amide bonds. The van der Waals surface area contributed by atoms with Crippen LogP contribution in [0.1, 0.15) is 25.3 Å². The average Bonchev–Trinajstić information content (AvgIpc) is 3.10. The molecule has 2 rings (SSSR count). The third kappa shape index (κ3) is 5.72. The molecular formula is C18H21N3O3. The lowest BCUT2D eigenvalue weighted by Crippen LogP contribution is -2.37. The van der Waals surface area contributed by atoms with Crippen molar-refractivity contribution in [3.05, 3.63) is 54.3 Å². The first kappa shape index (κ1) is 17.5. The van der Waals surface area contributed by atoms with Crippen molar-refractivity contribution in [3.63, 3.8) is 0 Å². The van der Waals surface area contributed by atoms with Crippen LogP contribution >= 0.6 is 0 Å². The number of nitrogens with zero attached hydrogens (tertiary/aromatic N) is 2. The van der Waals surface area contributed by atoms with E-state index in [0.717, 1.165) is 18.4 Å². The summed E-state index contributed by atoms with van der Waals surface area (Å²) in [5.74, 6) is -0.160. The Morgan fingerprint density at radius 3 is 2.71 bits per heavy atom. The minimum Gasteiger partial charge on any atom is -0.363 e. The van der Waals surface area contributed by atoms with Crippen LogP contribution in [0.25, 0.3) is 6.08 Å². The molecule has 6 heteroatoms. The van der Waals surface area contributed by atoms with Crippen LogP contribution in [0.2, 0.25) is 0 Å². The fourth-order valence-corrected chi connectivity index (χ4v) is 2.09. The standard InChI is InChI=1S/C18H21N3O3/c1-2-3-12-21(14-17(22)19-16-11-13-24-20-16)18(23)10-9-15-7-5-4-6-8-15/h4-11,13H,2-3,12,14H2,1H3,(H,19,20,22)/b10-9+. The molecular weight excluding hydrogens is 306 g/mol. The van der Waals surface area contributed by atoms with Gasteiger partial charge in [-0.05, 0) is 18.1 Å². The molecule has 0 saturated heterocycles. The van der Waals surface area contributed by atoms with Crippen LogP contribution in [0.5, 0.6) is 0 Å². The van der Waals surface area contributed by atoms with Gasteiger partial charge in [0.05, 0.1) is 0 Å². The number of hydrogen-bond donors (Lipinski definition) is 1. The Labute approximate surface area is 141 Å². The van der Waals surface area contributed by atoms with Gasteiger partial charge in [0.15, 0.2) is 5.82 Å². The Morgan fingerprint density at radius 2 is 2.04 bits per heavy atom. The van der Waals surface area contributed by atoms with Gasteiger partial charge in [-0.25, -0.2) is 0 Å². The fourth-order valence-electron chi connectivity index (χ4n) is 2.09. The fraction of sp³-hybridized carbons (Fsp3) is 0.278. The largest absolute Gasteiger partial charge is 0.363 e. The molecule has 0 saturated carbocycles. The van der Waals surface area contributed by atoms with E-state index in [0.29, 0.717) is 12.4 Å². The van der Waals surface area contributed by atoms with Crippen LogP contribution < -0.4 is 5.32 Å². The number of carbonyl (C=O) groups excluding carboxylic acids is 2. The highest BCUT2D eigenvalue weighted by atomic mass is 16.5. The highest BCUT2D eigenvalue weighted by Gasteiger charge is 2.15. The van der Waals surface area contributed by atoms with Crippen molar-refractivity contribution in [3.8, 4) is 0 Å². The lowest BCUT2D eigenvalue weighted by atomic mass is 10.2. The van der Waals surface area contributed by atoms with Crippen molar-refractivity contribution in [2.75, 3.05) is 18.4 Å². The van der Waals surface area contributed by atoms with Gasteiger partial charge in [-0.3, -0.25) is 9.59 Å². The van der Waals surface area contributed by atoms with Gasteiger partial charge in [0.1, 0.15) is 12.8 Å². The monoisotopic (exact) mass is 327 g/mol. The Morgan fingerprint density at radius 1 is 1.25 bits per heavy atom. The first-order valence-electron chi connectivity index (χ1n) is 7.91. The average molecular weight is 327 g/mol. The number of rotatable bonds is 8. The number of amides is 2. The zero-order valence-electron chi connectivity index (χ0n) is 13.6. The summed E-state index contributed by atoms with van der Waals surface area (Å²) < 4.78 is 4.66. The maximum absolute atomic E-state index is 12.4. The number of unbranched alkanes of at least 4 members (excludes halogenated alkanes) is 1. The number of aromatic nitrogens is 1. The number of benzene rings is 1. The van der Waals surface area contributed by atoms with Gasteiger partial charge < -0.3 is 14.7 Å². The van der Waals surface area contributed by atoms with Crippen molar-refractivity contribution in [1.82, 2.24) is 10.1 Å². The molecule has 2 aromatic rings. The van der Waals surface area contributed by atoms with E-state index in [9.17, 15) is 9.59 Å². The van der Waals surface area contributed by atoms with E-state index in [1.807, 2.05) is 37.3 Å². The van der Waals surface area contributed by atoms with Crippen LogP contribution in [0.3, 0.4) is 0 Å². The highest BCUT2D eigenvalue weighted by molar-refractivity contribution is 5.97. The molecule has 0 atom stereocenters. The summed E-state index contributed by atoms with van der Waals surface area (Å²) in [6.45, 7) is 2.55. The SMILES string of the molecule is CCCCN(CC(=O)Nc1ccon1)C(=O)/C=C/c1ccccc1. The molecule has 0 spiro atoms. The summed E-state index contributed by atoms with van der Waals surface area (Å²) in [6.07, 6.45) is 6.39. The van der Waals surface area contributed by atoms with Crippen molar-refractivity contribution >= 4 is 23.7 Å². The first-order valence-corrected chi connectivity index (χ1v) is 7.91. The molecule has 0 aliphatic heterocycles. The summed E-state index contributed by atoms with van der Waals surface area (Å²) in [5, 5.41) is 6.22. The molecule has 1 aromatic heterocycles. The van der Waals surface area contributed by atoms with Gasteiger partial charge in [0.2, 0.25) is 11.8 Å². The normalized spacial score (nSPS) is 10.7.